The molecule has 0 spiro atoms. The second-order valence-electron chi connectivity index (χ2n) is 4.95. The summed E-state index contributed by atoms with van der Waals surface area (Å²) >= 11 is 5.96. The molecular formula is C14H19ClN2O. The molecule has 18 heavy (non-hydrogen) atoms. The van der Waals surface area contributed by atoms with Gasteiger partial charge in [0, 0.05) is 17.1 Å². The summed E-state index contributed by atoms with van der Waals surface area (Å²) in [6.07, 6.45) is 2.23. The van der Waals surface area contributed by atoms with E-state index in [1.807, 2.05) is 38.1 Å². The molecule has 2 N–H and O–H groups in total. The molecule has 1 amide bonds. The minimum atomic E-state index is -0.195. The number of amides is 1. The van der Waals surface area contributed by atoms with Gasteiger partial charge in [0.2, 0.25) is 5.91 Å². The molecule has 2 atom stereocenters. The maximum atomic E-state index is 11.8. The molecule has 1 aromatic rings. The fourth-order valence-corrected chi connectivity index (χ4v) is 2.08. The number of benzene rings is 1. The van der Waals surface area contributed by atoms with Crippen molar-refractivity contribution in [2.45, 2.75) is 44.8 Å². The van der Waals surface area contributed by atoms with Crippen LogP contribution in [-0.4, -0.2) is 18.0 Å². The zero-order valence-electron chi connectivity index (χ0n) is 10.7. The van der Waals surface area contributed by atoms with Gasteiger partial charge >= 0.3 is 0 Å². The summed E-state index contributed by atoms with van der Waals surface area (Å²) in [4.78, 5) is 11.8. The number of hydrogen-bond acceptors (Lipinski definition) is 2. The first-order valence-corrected chi connectivity index (χ1v) is 6.76. The molecule has 3 nitrogen and oxygen atoms in total. The van der Waals surface area contributed by atoms with E-state index >= 15 is 0 Å². The van der Waals surface area contributed by atoms with Gasteiger partial charge in [-0.1, -0.05) is 23.7 Å². The Morgan fingerprint density at radius 3 is 2.72 bits per heavy atom. The lowest BCUT2D eigenvalue weighted by atomic mass is 10.1. The summed E-state index contributed by atoms with van der Waals surface area (Å²) in [7, 11) is 0. The van der Waals surface area contributed by atoms with Crippen molar-refractivity contribution >= 4 is 17.5 Å². The second-order valence-corrected chi connectivity index (χ2v) is 5.38. The number of rotatable bonds is 5. The predicted octanol–water partition coefficient (Wildman–Crippen LogP) is 2.66. The first kappa shape index (κ1) is 13.4. The molecule has 1 saturated carbocycles. The van der Waals surface area contributed by atoms with Gasteiger partial charge < -0.3 is 5.32 Å². The molecule has 2 rings (SSSR count). The smallest absolute Gasteiger partial charge is 0.237 e. The van der Waals surface area contributed by atoms with Crippen molar-refractivity contribution < 1.29 is 4.79 Å². The van der Waals surface area contributed by atoms with Crippen LogP contribution in [0.25, 0.3) is 0 Å². The minimum absolute atomic E-state index is 0.0754. The van der Waals surface area contributed by atoms with Crippen LogP contribution in [0.5, 0.6) is 0 Å². The van der Waals surface area contributed by atoms with Crippen LogP contribution in [0.15, 0.2) is 24.3 Å². The molecule has 0 aliphatic heterocycles. The highest BCUT2D eigenvalue weighted by Gasteiger charge is 2.26. The largest absolute Gasteiger partial charge is 0.352 e. The fourth-order valence-electron chi connectivity index (χ4n) is 1.88. The van der Waals surface area contributed by atoms with Gasteiger partial charge in [-0.2, -0.15) is 0 Å². The van der Waals surface area contributed by atoms with E-state index in [0.717, 1.165) is 23.4 Å². The van der Waals surface area contributed by atoms with Gasteiger partial charge in [-0.05, 0) is 44.4 Å². The van der Waals surface area contributed by atoms with Crippen LogP contribution in [0.2, 0.25) is 5.02 Å². The van der Waals surface area contributed by atoms with E-state index in [4.69, 9.17) is 11.6 Å². The van der Waals surface area contributed by atoms with Crippen molar-refractivity contribution in [3.63, 3.8) is 0 Å². The third-order valence-electron chi connectivity index (χ3n) is 3.17. The third kappa shape index (κ3) is 3.72. The highest BCUT2D eigenvalue weighted by Crippen LogP contribution is 2.20. The summed E-state index contributed by atoms with van der Waals surface area (Å²) in [5.41, 5.74) is 1.09. The van der Waals surface area contributed by atoms with Crippen molar-refractivity contribution in [3.8, 4) is 0 Å². The second kappa shape index (κ2) is 5.72. The van der Waals surface area contributed by atoms with E-state index in [1.165, 1.54) is 0 Å². The molecule has 4 heteroatoms. The van der Waals surface area contributed by atoms with Crippen LogP contribution in [0.3, 0.4) is 0 Å². The lowest BCUT2D eigenvalue weighted by Crippen LogP contribution is -2.43. The van der Waals surface area contributed by atoms with Crippen LogP contribution in [0.4, 0.5) is 0 Å². The quantitative estimate of drug-likeness (QED) is 0.860. The van der Waals surface area contributed by atoms with Crippen LogP contribution in [-0.2, 0) is 4.79 Å². The Bertz CT molecular complexity index is 432. The number of hydrogen-bond donors (Lipinski definition) is 2. The van der Waals surface area contributed by atoms with Gasteiger partial charge in [0.05, 0.1) is 6.04 Å². The standard InChI is InChI=1S/C14H19ClN2O/c1-9(11-4-3-5-12(15)8-11)16-10(2)14(18)17-13-6-7-13/h3-5,8-10,13,16H,6-7H2,1-2H3,(H,17,18)/t9-,10+/m0/s1. The third-order valence-corrected chi connectivity index (χ3v) is 3.40. The van der Waals surface area contributed by atoms with Crippen LogP contribution in [0.1, 0.15) is 38.3 Å². The Hall–Kier alpha value is -1.06. The van der Waals surface area contributed by atoms with Crippen LogP contribution >= 0.6 is 11.6 Å². The topological polar surface area (TPSA) is 41.1 Å². The number of halogens is 1. The number of carbonyl (C=O) groups is 1. The van der Waals surface area contributed by atoms with Crippen LogP contribution in [0, 0.1) is 0 Å². The molecule has 1 aliphatic rings. The number of carbonyl (C=O) groups excluding carboxylic acids is 1. The van der Waals surface area contributed by atoms with Gasteiger partial charge in [0.25, 0.3) is 0 Å². The lowest BCUT2D eigenvalue weighted by Gasteiger charge is -2.20. The molecule has 0 saturated heterocycles. The summed E-state index contributed by atoms with van der Waals surface area (Å²) in [6, 6.07) is 8.01. The molecule has 1 aliphatic carbocycles. The zero-order valence-corrected chi connectivity index (χ0v) is 11.5. The average Bonchev–Trinajstić information content (AvgIpc) is 3.12. The van der Waals surface area contributed by atoms with Crippen molar-refractivity contribution in [3.05, 3.63) is 34.9 Å². The summed E-state index contributed by atoms with van der Waals surface area (Å²) < 4.78 is 0. The van der Waals surface area contributed by atoms with Gasteiger partial charge in [0.15, 0.2) is 0 Å². The van der Waals surface area contributed by atoms with Gasteiger partial charge in [0.1, 0.15) is 0 Å². The van der Waals surface area contributed by atoms with E-state index < -0.39 is 0 Å². The predicted molar refractivity (Wildman–Crippen MR) is 73.6 cm³/mol. The first-order chi connectivity index (χ1) is 8.56. The molecular weight excluding hydrogens is 248 g/mol. The molecule has 0 bridgehead atoms. The summed E-state index contributed by atoms with van der Waals surface area (Å²) in [5, 5.41) is 7.00. The summed E-state index contributed by atoms with van der Waals surface area (Å²) in [6.45, 7) is 3.92. The maximum absolute atomic E-state index is 11.8. The summed E-state index contributed by atoms with van der Waals surface area (Å²) in [5.74, 6) is 0.0754. The Balaban J connectivity index is 1.89. The van der Waals surface area contributed by atoms with Gasteiger partial charge in [-0.3, -0.25) is 10.1 Å². The molecule has 1 aromatic carbocycles. The number of nitrogens with one attached hydrogen (secondary N) is 2. The molecule has 0 radical (unpaired) electrons. The molecule has 0 unspecified atom stereocenters. The van der Waals surface area contributed by atoms with Crippen LogP contribution < -0.4 is 10.6 Å². The SMILES string of the molecule is C[C@H](N[C@H](C)C(=O)NC1CC1)c1cccc(Cl)c1. The van der Waals surface area contributed by atoms with Crippen molar-refractivity contribution in [2.24, 2.45) is 0 Å². The molecule has 1 fully saturated rings. The first-order valence-electron chi connectivity index (χ1n) is 6.38. The normalized spacial score (nSPS) is 18.2. The zero-order chi connectivity index (χ0) is 13.1. The van der Waals surface area contributed by atoms with Crippen molar-refractivity contribution in [1.82, 2.24) is 10.6 Å². The molecule has 0 heterocycles. The Morgan fingerprint density at radius 2 is 2.11 bits per heavy atom. The molecule has 0 aromatic heterocycles. The van der Waals surface area contributed by atoms with Crippen molar-refractivity contribution in [2.75, 3.05) is 0 Å². The van der Waals surface area contributed by atoms with E-state index in [0.29, 0.717) is 6.04 Å². The monoisotopic (exact) mass is 266 g/mol. The highest BCUT2D eigenvalue weighted by molar-refractivity contribution is 6.30. The van der Waals surface area contributed by atoms with Gasteiger partial charge in [-0.25, -0.2) is 0 Å². The highest BCUT2D eigenvalue weighted by atomic mass is 35.5. The lowest BCUT2D eigenvalue weighted by molar-refractivity contribution is -0.123. The Kier molecular flexibility index (Phi) is 4.25. The minimum Gasteiger partial charge on any atom is -0.352 e. The Morgan fingerprint density at radius 1 is 1.39 bits per heavy atom. The van der Waals surface area contributed by atoms with E-state index in [1.54, 1.807) is 0 Å². The van der Waals surface area contributed by atoms with Gasteiger partial charge in [-0.15, -0.1) is 0 Å². The maximum Gasteiger partial charge on any atom is 0.237 e. The fraction of sp³-hybridized carbons (Fsp3) is 0.500. The average molecular weight is 267 g/mol. The van der Waals surface area contributed by atoms with E-state index in [-0.39, 0.29) is 18.0 Å². The van der Waals surface area contributed by atoms with E-state index in [9.17, 15) is 4.79 Å². The Labute approximate surface area is 113 Å². The molecule has 98 valence electrons. The van der Waals surface area contributed by atoms with Crippen molar-refractivity contribution in [1.29, 1.82) is 0 Å². The van der Waals surface area contributed by atoms with E-state index in [2.05, 4.69) is 10.6 Å².